The maximum absolute atomic E-state index is 15.0. The first-order chi connectivity index (χ1) is 19.3. The summed E-state index contributed by atoms with van der Waals surface area (Å²) in [6.45, 7) is 10.1. The molecule has 1 aliphatic carbocycles. The first-order valence-electron chi connectivity index (χ1n) is 14.1. The number of rotatable bonds is 9. The first kappa shape index (κ1) is 26.6. The van der Waals surface area contributed by atoms with Crippen LogP contribution >= 0.6 is 0 Å². The van der Waals surface area contributed by atoms with E-state index in [2.05, 4.69) is 30.2 Å². The number of pyridine rings is 1. The highest BCUT2D eigenvalue weighted by Crippen LogP contribution is 2.32. The van der Waals surface area contributed by atoms with Crippen LogP contribution in [0.25, 0.3) is 22.3 Å². The van der Waals surface area contributed by atoms with Crippen molar-refractivity contribution in [3.63, 3.8) is 0 Å². The molecule has 2 fully saturated rings. The fourth-order valence-electron chi connectivity index (χ4n) is 5.56. The molecule has 4 heterocycles. The highest BCUT2D eigenvalue weighted by molar-refractivity contribution is 5.83. The lowest BCUT2D eigenvalue weighted by atomic mass is 9.97. The molecule has 210 valence electrons. The Morgan fingerprint density at radius 2 is 1.77 bits per heavy atom. The second-order valence-corrected chi connectivity index (χ2v) is 11.3. The van der Waals surface area contributed by atoms with Crippen LogP contribution in [0.5, 0.6) is 5.75 Å². The molecule has 0 unspecified atom stereocenters. The van der Waals surface area contributed by atoms with Gasteiger partial charge in [-0.1, -0.05) is 0 Å². The molecule has 0 amide bonds. The van der Waals surface area contributed by atoms with Gasteiger partial charge in [0.25, 0.3) is 0 Å². The van der Waals surface area contributed by atoms with E-state index in [-0.39, 0.29) is 23.2 Å². The Balaban J connectivity index is 1.11. The topological polar surface area (TPSA) is 81.0 Å². The van der Waals surface area contributed by atoms with Crippen LogP contribution in [0.2, 0.25) is 0 Å². The quantitative estimate of drug-likeness (QED) is 0.263. The summed E-state index contributed by atoms with van der Waals surface area (Å²) >= 11 is 0. The minimum absolute atomic E-state index is 0.00408. The molecular formula is C30H35F2N7O. The average molecular weight is 548 g/mol. The van der Waals surface area contributed by atoms with Gasteiger partial charge in [0, 0.05) is 18.2 Å². The van der Waals surface area contributed by atoms with Gasteiger partial charge in [0.1, 0.15) is 28.6 Å². The summed E-state index contributed by atoms with van der Waals surface area (Å²) in [6, 6.07) is 6.66. The highest BCUT2D eigenvalue weighted by atomic mass is 19.1. The molecule has 1 aromatic carbocycles. The predicted octanol–water partition coefficient (Wildman–Crippen LogP) is 6.30. The summed E-state index contributed by atoms with van der Waals surface area (Å²) in [5.74, 6) is 2.38. The fraction of sp³-hybridized carbons (Fsp3) is 0.467. The molecule has 0 atom stereocenters. The number of aryl methyl sites for hydroxylation is 1. The minimum atomic E-state index is -0.647. The number of anilines is 2. The van der Waals surface area contributed by atoms with Gasteiger partial charge in [-0.25, -0.2) is 28.7 Å². The number of fused-ring (bicyclic) bond motifs is 1. The summed E-state index contributed by atoms with van der Waals surface area (Å²) < 4.78 is 37.7. The zero-order valence-electron chi connectivity index (χ0n) is 23.2. The van der Waals surface area contributed by atoms with Crippen molar-refractivity contribution in [3.8, 4) is 17.0 Å². The Bertz CT molecular complexity index is 1490. The molecule has 4 aromatic rings. The molecule has 0 spiro atoms. The molecule has 10 heteroatoms. The van der Waals surface area contributed by atoms with Crippen molar-refractivity contribution < 1.29 is 13.5 Å². The van der Waals surface area contributed by atoms with E-state index in [9.17, 15) is 8.78 Å². The molecule has 8 nitrogen and oxygen atoms in total. The number of likely N-dealkylation sites (tertiary alicyclic amines) is 1. The third kappa shape index (κ3) is 5.77. The van der Waals surface area contributed by atoms with Gasteiger partial charge >= 0.3 is 0 Å². The van der Waals surface area contributed by atoms with Crippen molar-refractivity contribution >= 4 is 22.8 Å². The molecule has 2 aliphatic rings. The van der Waals surface area contributed by atoms with Gasteiger partial charge < -0.3 is 19.5 Å². The summed E-state index contributed by atoms with van der Waals surface area (Å²) in [6.07, 6.45) is 7.87. The van der Waals surface area contributed by atoms with E-state index in [1.165, 1.54) is 38.3 Å². The number of nitrogens with zero attached hydrogens (tertiary/aromatic N) is 6. The Morgan fingerprint density at radius 3 is 2.48 bits per heavy atom. The second-order valence-electron chi connectivity index (χ2n) is 11.3. The first-order valence-corrected chi connectivity index (χ1v) is 14.1. The van der Waals surface area contributed by atoms with Gasteiger partial charge in [-0.15, -0.1) is 0 Å². The number of hydrogen-bond donors (Lipinski definition) is 1. The number of hydrogen-bond acceptors (Lipinski definition) is 7. The fourth-order valence-corrected chi connectivity index (χ4v) is 5.56. The van der Waals surface area contributed by atoms with Gasteiger partial charge in [-0.2, -0.15) is 0 Å². The Kier molecular flexibility index (Phi) is 7.35. The minimum Gasteiger partial charge on any atom is -0.492 e. The van der Waals surface area contributed by atoms with Crippen molar-refractivity contribution in [2.24, 2.45) is 11.8 Å². The number of nitrogens with one attached hydrogen (secondary N) is 1. The molecule has 40 heavy (non-hydrogen) atoms. The van der Waals surface area contributed by atoms with Gasteiger partial charge in [0.15, 0.2) is 11.6 Å². The van der Waals surface area contributed by atoms with E-state index in [0.29, 0.717) is 41.0 Å². The summed E-state index contributed by atoms with van der Waals surface area (Å²) in [5.41, 5.74) is 1.16. The number of ether oxygens (including phenoxy) is 1. The molecule has 1 saturated heterocycles. The Hall–Kier alpha value is -3.66. The van der Waals surface area contributed by atoms with Crippen LogP contribution in [0.1, 0.15) is 51.4 Å². The van der Waals surface area contributed by atoms with Crippen molar-refractivity contribution in [2.75, 3.05) is 31.6 Å². The van der Waals surface area contributed by atoms with Crippen LogP contribution in [0.4, 0.5) is 20.5 Å². The number of piperidine rings is 1. The number of aromatic nitrogens is 5. The van der Waals surface area contributed by atoms with E-state index < -0.39 is 11.6 Å². The van der Waals surface area contributed by atoms with Crippen LogP contribution in [0, 0.1) is 30.4 Å². The normalized spacial score (nSPS) is 16.6. The van der Waals surface area contributed by atoms with E-state index in [1.54, 1.807) is 18.3 Å². The Labute approximate surface area is 232 Å². The van der Waals surface area contributed by atoms with E-state index in [0.717, 1.165) is 25.2 Å². The number of imidazole rings is 1. The van der Waals surface area contributed by atoms with E-state index in [4.69, 9.17) is 4.74 Å². The summed E-state index contributed by atoms with van der Waals surface area (Å²) in [4.78, 5) is 19.8. The SMILES string of the molecule is Cc1nc2c(F)cc(-c3nc(Nc4ccc(OCC5CCN(CC6CC6)CC5)cn4)ncc3F)cc2n1C(C)C. The second kappa shape index (κ2) is 11.1. The largest absolute Gasteiger partial charge is 0.492 e. The van der Waals surface area contributed by atoms with Crippen LogP contribution in [-0.4, -0.2) is 55.6 Å². The van der Waals surface area contributed by atoms with Crippen LogP contribution in [-0.2, 0) is 0 Å². The highest BCUT2D eigenvalue weighted by Gasteiger charge is 2.27. The maximum atomic E-state index is 15.0. The lowest BCUT2D eigenvalue weighted by molar-refractivity contribution is 0.137. The predicted molar refractivity (Wildman–Crippen MR) is 151 cm³/mol. The standard InChI is InChI=1S/C30H35F2N7O/c1-18(2)39-19(3)35-29-24(31)12-22(13-26(29)39)28-25(32)15-34-30(37-28)36-27-7-6-23(14-33-27)40-17-21-8-10-38(11-9-21)16-20-4-5-20/h6-7,12-15,18,20-21H,4-5,8-11,16-17H2,1-3H3,(H,33,34,36,37). The molecule has 0 bridgehead atoms. The maximum Gasteiger partial charge on any atom is 0.229 e. The summed E-state index contributed by atoms with van der Waals surface area (Å²) in [5, 5.41) is 3.01. The van der Waals surface area contributed by atoms with Gasteiger partial charge in [-0.05, 0) is 95.6 Å². The van der Waals surface area contributed by atoms with Crippen LogP contribution < -0.4 is 10.1 Å². The van der Waals surface area contributed by atoms with Crippen molar-refractivity contribution in [3.05, 3.63) is 54.1 Å². The lowest BCUT2D eigenvalue weighted by Crippen LogP contribution is -2.36. The smallest absolute Gasteiger partial charge is 0.229 e. The van der Waals surface area contributed by atoms with E-state index >= 15 is 0 Å². The Morgan fingerprint density at radius 1 is 0.975 bits per heavy atom. The van der Waals surface area contributed by atoms with Gasteiger partial charge in [0.05, 0.1) is 24.5 Å². The lowest BCUT2D eigenvalue weighted by Gasteiger charge is -2.31. The molecule has 6 rings (SSSR count). The van der Waals surface area contributed by atoms with Crippen LogP contribution in [0.15, 0.2) is 36.7 Å². The molecule has 1 saturated carbocycles. The third-order valence-corrected chi connectivity index (χ3v) is 7.84. The molecular weight excluding hydrogens is 512 g/mol. The molecule has 1 N–H and O–H groups in total. The van der Waals surface area contributed by atoms with Gasteiger partial charge in [0.2, 0.25) is 5.95 Å². The van der Waals surface area contributed by atoms with Crippen molar-refractivity contribution in [2.45, 2.75) is 52.5 Å². The average Bonchev–Trinajstić information content (AvgIpc) is 3.69. The number of halogens is 2. The zero-order valence-corrected chi connectivity index (χ0v) is 23.2. The number of benzene rings is 1. The third-order valence-electron chi connectivity index (χ3n) is 7.84. The molecule has 3 aromatic heterocycles. The molecule has 1 aliphatic heterocycles. The monoisotopic (exact) mass is 547 g/mol. The van der Waals surface area contributed by atoms with Crippen LogP contribution in [0.3, 0.4) is 0 Å². The van der Waals surface area contributed by atoms with Crippen molar-refractivity contribution in [1.82, 2.24) is 29.4 Å². The zero-order chi connectivity index (χ0) is 27.8. The van der Waals surface area contributed by atoms with Gasteiger partial charge in [-0.3, -0.25) is 0 Å². The summed E-state index contributed by atoms with van der Waals surface area (Å²) in [7, 11) is 0. The van der Waals surface area contributed by atoms with Crippen molar-refractivity contribution in [1.29, 1.82) is 0 Å². The van der Waals surface area contributed by atoms with E-state index in [1.807, 2.05) is 31.4 Å². The molecule has 0 radical (unpaired) electrons.